The fourth-order valence-corrected chi connectivity index (χ4v) is 2.85. The Morgan fingerprint density at radius 3 is 2.79 bits per heavy atom. The van der Waals surface area contributed by atoms with E-state index in [9.17, 15) is 9.59 Å². The first-order chi connectivity index (χ1) is 11.6. The van der Waals surface area contributed by atoms with E-state index in [2.05, 4.69) is 20.5 Å². The number of hydrogen-bond donors (Lipinski definition) is 2. The molecule has 0 bridgehead atoms. The quantitative estimate of drug-likeness (QED) is 0.871. The molecule has 0 saturated heterocycles. The lowest BCUT2D eigenvalue weighted by atomic mass is 9.84. The van der Waals surface area contributed by atoms with Crippen LogP contribution in [0.2, 0.25) is 5.02 Å². The summed E-state index contributed by atoms with van der Waals surface area (Å²) in [4.78, 5) is 27.2. The number of nitrogens with zero attached hydrogens (tertiary/aromatic N) is 2. The Kier molecular flexibility index (Phi) is 4.94. The largest absolute Gasteiger partial charge is 0.347 e. The Morgan fingerprint density at radius 2 is 2.21 bits per heavy atom. The van der Waals surface area contributed by atoms with E-state index in [1.165, 1.54) is 0 Å². The van der Waals surface area contributed by atoms with Crippen LogP contribution < -0.4 is 10.9 Å². The molecular formula is C17H19ClN4O2. The van der Waals surface area contributed by atoms with E-state index >= 15 is 0 Å². The molecule has 1 unspecified atom stereocenters. The molecule has 1 aliphatic rings. The lowest BCUT2D eigenvalue weighted by Gasteiger charge is -2.26. The van der Waals surface area contributed by atoms with E-state index in [0.717, 1.165) is 19.3 Å². The lowest BCUT2D eigenvalue weighted by Crippen LogP contribution is -2.39. The van der Waals surface area contributed by atoms with Crippen molar-refractivity contribution in [3.05, 3.63) is 45.3 Å². The van der Waals surface area contributed by atoms with Gasteiger partial charge in [-0.15, -0.1) is 10.2 Å². The van der Waals surface area contributed by atoms with Crippen molar-refractivity contribution in [2.24, 2.45) is 5.92 Å². The van der Waals surface area contributed by atoms with Gasteiger partial charge in [0.2, 0.25) is 5.91 Å². The molecule has 24 heavy (non-hydrogen) atoms. The van der Waals surface area contributed by atoms with Gasteiger partial charge in [0.15, 0.2) is 11.5 Å². The van der Waals surface area contributed by atoms with Gasteiger partial charge in [-0.2, -0.15) is 0 Å². The SMILES string of the molecule is CCC(NC(=O)C1CCC1)c1nnc(-c2cccc(Cl)c2)[nH]c1=O. The van der Waals surface area contributed by atoms with Gasteiger partial charge in [-0.25, -0.2) is 0 Å². The van der Waals surface area contributed by atoms with E-state index in [1.807, 2.05) is 6.92 Å². The van der Waals surface area contributed by atoms with E-state index in [1.54, 1.807) is 24.3 Å². The van der Waals surface area contributed by atoms with Crippen molar-refractivity contribution in [3.63, 3.8) is 0 Å². The maximum absolute atomic E-state index is 12.4. The standard InChI is InChI=1S/C17H19ClN4O2/c1-2-13(19-16(23)10-5-3-6-10)14-17(24)20-15(22-21-14)11-7-4-8-12(18)9-11/h4,7-10,13H,2-3,5-6H2,1H3,(H,19,23)(H,20,22,24). The topological polar surface area (TPSA) is 87.7 Å². The fraction of sp³-hybridized carbons (Fsp3) is 0.412. The summed E-state index contributed by atoms with van der Waals surface area (Å²) in [6.45, 7) is 1.90. The zero-order chi connectivity index (χ0) is 17.1. The number of H-pyrrole nitrogens is 1. The van der Waals surface area contributed by atoms with Crippen molar-refractivity contribution in [2.45, 2.75) is 38.6 Å². The van der Waals surface area contributed by atoms with Crippen molar-refractivity contribution in [2.75, 3.05) is 0 Å². The van der Waals surface area contributed by atoms with Gasteiger partial charge < -0.3 is 10.3 Å². The summed E-state index contributed by atoms with van der Waals surface area (Å²) in [5.41, 5.74) is 0.571. The van der Waals surface area contributed by atoms with Crippen molar-refractivity contribution >= 4 is 17.5 Å². The van der Waals surface area contributed by atoms with Gasteiger partial charge in [0.05, 0.1) is 6.04 Å². The Hall–Kier alpha value is -2.21. The first kappa shape index (κ1) is 16.6. The van der Waals surface area contributed by atoms with Gasteiger partial charge in [-0.3, -0.25) is 9.59 Å². The van der Waals surface area contributed by atoms with Crippen LogP contribution in [-0.4, -0.2) is 21.1 Å². The molecule has 0 aliphatic heterocycles. The summed E-state index contributed by atoms with van der Waals surface area (Å²) >= 11 is 5.96. The van der Waals surface area contributed by atoms with E-state index in [4.69, 9.17) is 11.6 Å². The highest BCUT2D eigenvalue weighted by Crippen LogP contribution is 2.27. The second-order valence-corrected chi connectivity index (χ2v) is 6.43. The number of carbonyl (C=O) groups is 1. The molecule has 2 N–H and O–H groups in total. The Morgan fingerprint density at radius 1 is 1.42 bits per heavy atom. The molecule has 1 heterocycles. The third kappa shape index (κ3) is 3.48. The number of benzene rings is 1. The molecule has 1 amide bonds. The van der Waals surface area contributed by atoms with Crippen molar-refractivity contribution in [1.29, 1.82) is 0 Å². The highest BCUT2D eigenvalue weighted by atomic mass is 35.5. The number of carbonyl (C=O) groups excluding carboxylic acids is 1. The smallest absolute Gasteiger partial charge is 0.275 e. The molecule has 126 valence electrons. The van der Waals surface area contributed by atoms with E-state index in [-0.39, 0.29) is 23.1 Å². The maximum atomic E-state index is 12.4. The zero-order valence-electron chi connectivity index (χ0n) is 13.4. The molecule has 6 nitrogen and oxygen atoms in total. The summed E-state index contributed by atoms with van der Waals surface area (Å²) in [7, 11) is 0. The third-order valence-electron chi connectivity index (χ3n) is 4.35. The minimum Gasteiger partial charge on any atom is -0.347 e. The second kappa shape index (κ2) is 7.13. The summed E-state index contributed by atoms with van der Waals surface area (Å²) in [6, 6.07) is 6.59. The highest BCUT2D eigenvalue weighted by molar-refractivity contribution is 6.30. The first-order valence-electron chi connectivity index (χ1n) is 8.11. The Labute approximate surface area is 144 Å². The predicted molar refractivity (Wildman–Crippen MR) is 91.6 cm³/mol. The number of hydrogen-bond acceptors (Lipinski definition) is 4. The Bertz CT molecular complexity index is 801. The van der Waals surface area contributed by atoms with Gasteiger partial charge in [0, 0.05) is 16.5 Å². The Balaban J connectivity index is 1.82. The van der Waals surface area contributed by atoms with Gasteiger partial charge in [-0.05, 0) is 31.4 Å². The second-order valence-electron chi connectivity index (χ2n) is 6.00. The van der Waals surface area contributed by atoms with Crippen molar-refractivity contribution < 1.29 is 4.79 Å². The van der Waals surface area contributed by atoms with Gasteiger partial charge in [0.1, 0.15) is 0 Å². The highest BCUT2D eigenvalue weighted by Gasteiger charge is 2.28. The predicted octanol–water partition coefficient (Wildman–Crippen LogP) is 2.85. The van der Waals surface area contributed by atoms with E-state index < -0.39 is 6.04 Å². The number of aromatic nitrogens is 3. The molecule has 1 fully saturated rings. The molecule has 1 saturated carbocycles. The average Bonchev–Trinajstić information content (AvgIpc) is 2.51. The zero-order valence-corrected chi connectivity index (χ0v) is 14.1. The van der Waals surface area contributed by atoms with Crippen LogP contribution in [0.15, 0.2) is 29.1 Å². The van der Waals surface area contributed by atoms with Crippen LogP contribution in [0, 0.1) is 5.92 Å². The number of amides is 1. The number of nitrogens with one attached hydrogen (secondary N) is 2. The van der Waals surface area contributed by atoms with E-state index in [0.29, 0.717) is 22.8 Å². The molecule has 0 radical (unpaired) electrons. The number of aromatic amines is 1. The normalized spacial score (nSPS) is 15.6. The molecule has 1 aliphatic carbocycles. The van der Waals surface area contributed by atoms with Crippen LogP contribution in [0.5, 0.6) is 0 Å². The molecule has 2 aromatic rings. The summed E-state index contributed by atoms with van der Waals surface area (Å²) in [5, 5.41) is 11.6. The minimum absolute atomic E-state index is 0.00628. The molecule has 1 aromatic carbocycles. The van der Waals surface area contributed by atoms with Crippen molar-refractivity contribution in [1.82, 2.24) is 20.5 Å². The molecule has 3 rings (SSSR count). The summed E-state index contributed by atoms with van der Waals surface area (Å²) in [5.74, 6) is 0.413. The average molecular weight is 347 g/mol. The lowest BCUT2D eigenvalue weighted by molar-refractivity contribution is -0.128. The van der Waals surface area contributed by atoms with Crippen LogP contribution in [0.25, 0.3) is 11.4 Å². The summed E-state index contributed by atoms with van der Waals surface area (Å²) < 4.78 is 0. The molecule has 7 heteroatoms. The number of halogens is 1. The maximum Gasteiger partial charge on any atom is 0.275 e. The monoisotopic (exact) mass is 346 g/mol. The molecule has 1 aromatic heterocycles. The van der Waals surface area contributed by atoms with Gasteiger partial charge in [0.25, 0.3) is 5.56 Å². The molecule has 0 spiro atoms. The molecule has 1 atom stereocenters. The fourth-order valence-electron chi connectivity index (χ4n) is 2.66. The van der Waals surface area contributed by atoms with Crippen LogP contribution in [-0.2, 0) is 4.79 Å². The first-order valence-corrected chi connectivity index (χ1v) is 8.49. The summed E-state index contributed by atoms with van der Waals surface area (Å²) in [6.07, 6.45) is 3.49. The van der Waals surface area contributed by atoms with Crippen LogP contribution in [0.1, 0.15) is 44.3 Å². The van der Waals surface area contributed by atoms with Crippen LogP contribution in [0.3, 0.4) is 0 Å². The number of rotatable bonds is 5. The van der Waals surface area contributed by atoms with Crippen molar-refractivity contribution in [3.8, 4) is 11.4 Å². The van der Waals surface area contributed by atoms with Gasteiger partial charge in [-0.1, -0.05) is 37.1 Å². The van der Waals surface area contributed by atoms with Crippen LogP contribution >= 0.6 is 11.6 Å². The van der Waals surface area contributed by atoms with Gasteiger partial charge >= 0.3 is 0 Å². The minimum atomic E-state index is -0.428. The molecular weight excluding hydrogens is 328 g/mol. The third-order valence-corrected chi connectivity index (χ3v) is 4.59. The van der Waals surface area contributed by atoms with Crippen LogP contribution in [0.4, 0.5) is 0 Å².